The van der Waals surface area contributed by atoms with Gasteiger partial charge in [-0.3, -0.25) is 4.79 Å². The molecule has 1 fully saturated rings. The molecule has 0 saturated carbocycles. The fraction of sp³-hybridized carbons (Fsp3) is 0.900. The Morgan fingerprint density at radius 1 is 1.64 bits per heavy atom. The van der Waals surface area contributed by atoms with Crippen LogP contribution in [0.15, 0.2) is 0 Å². The van der Waals surface area contributed by atoms with Crippen molar-refractivity contribution in [2.45, 2.75) is 31.7 Å². The lowest BCUT2D eigenvalue weighted by Gasteiger charge is -2.37. The average molecular weight is 200 g/mol. The number of nitrogens with zero attached hydrogens (tertiary/aromatic N) is 1. The van der Waals surface area contributed by atoms with Crippen molar-refractivity contribution >= 4 is 5.97 Å². The largest absolute Gasteiger partial charge is 0.481 e. The average Bonchev–Trinajstić information content (AvgIpc) is 2.15. The standard InChI is InChI=1S/C10H20N2O2/c1-12-5-3-2-4-9(12)8(7-11)6-10(13)14/h8-9H,2-7,11H2,1H3,(H,13,14). The molecule has 14 heavy (non-hydrogen) atoms. The van der Waals surface area contributed by atoms with Crippen molar-refractivity contribution in [2.75, 3.05) is 20.1 Å². The van der Waals surface area contributed by atoms with E-state index in [1.807, 2.05) is 0 Å². The molecule has 1 heterocycles. The maximum absolute atomic E-state index is 10.6. The van der Waals surface area contributed by atoms with Gasteiger partial charge in [0.2, 0.25) is 0 Å². The summed E-state index contributed by atoms with van der Waals surface area (Å²) in [6.07, 6.45) is 3.71. The van der Waals surface area contributed by atoms with Gasteiger partial charge in [0.15, 0.2) is 0 Å². The van der Waals surface area contributed by atoms with Gasteiger partial charge in [0.25, 0.3) is 0 Å². The lowest BCUT2D eigenvalue weighted by atomic mass is 9.88. The number of piperidine rings is 1. The minimum absolute atomic E-state index is 0.109. The van der Waals surface area contributed by atoms with Gasteiger partial charge in [0, 0.05) is 6.04 Å². The summed E-state index contributed by atoms with van der Waals surface area (Å²) in [4.78, 5) is 12.9. The molecule has 0 spiro atoms. The quantitative estimate of drug-likeness (QED) is 0.694. The Hall–Kier alpha value is -0.610. The van der Waals surface area contributed by atoms with E-state index in [1.54, 1.807) is 0 Å². The molecule has 0 radical (unpaired) electrons. The summed E-state index contributed by atoms with van der Waals surface area (Å²) in [5, 5.41) is 8.76. The summed E-state index contributed by atoms with van der Waals surface area (Å²) in [5.74, 6) is -0.628. The van der Waals surface area contributed by atoms with Gasteiger partial charge in [-0.15, -0.1) is 0 Å². The Bertz CT molecular complexity index is 197. The van der Waals surface area contributed by atoms with Crippen molar-refractivity contribution in [1.82, 2.24) is 4.90 Å². The van der Waals surface area contributed by atoms with E-state index in [2.05, 4.69) is 11.9 Å². The maximum atomic E-state index is 10.6. The number of nitrogens with two attached hydrogens (primary N) is 1. The summed E-state index contributed by atoms with van der Waals surface area (Å²) in [7, 11) is 2.06. The molecular weight excluding hydrogens is 180 g/mol. The van der Waals surface area contributed by atoms with Crippen LogP contribution >= 0.6 is 0 Å². The van der Waals surface area contributed by atoms with Crippen molar-refractivity contribution < 1.29 is 9.90 Å². The van der Waals surface area contributed by atoms with Crippen molar-refractivity contribution in [1.29, 1.82) is 0 Å². The molecule has 1 aliphatic heterocycles. The van der Waals surface area contributed by atoms with E-state index >= 15 is 0 Å². The van der Waals surface area contributed by atoms with Gasteiger partial charge >= 0.3 is 5.97 Å². The SMILES string of the molecule is CN1CCCCC1C(CN)CC(=O)O. The van der Waals surface area contributed by atoms with Crippen molar-refractivity contribution in [3.8, 4) is 0 Å². The summed E-state index contributed by atoms with van der Waals surface area (Å²) < 4.78 is 0. The highest BCUT2D eigenvalue weighted by Crippen LogP contribution is 2.23. The number of carbonyl (C=O) groups is 1. The first kappa shape index (κ1) is 11.5. The third-order valence-electron chi connectivity index (χ3n) is 3.11. The summed E-state index contributed by atoms with van der Waals surface area (Å²) in [5.41, 5.74) is 5.62. The van der Waals surface area contributed by atoms with Crippen molar-refractivity contribution in [3.05, 3.63) is 0 Å². The molecule has 0 bridgehead atoms. The van der Waals surface area contributed by atoms with E-state index in [4.69, 9.17) is 10.8 Å². The molecule has 1 saturated heterocycles. The highest BCUT2D eigenvalue weighted by Gasteiger charge is 2.28. The molecule has 1 rings (SSSR count). The zero-order valence-electron chi connectivity index (χ0n) is 8.78. The molecule has 82 valence electrons. The van der Waals surface area contributed by atoms with Crippen LogP contribution in [-0.4, -0.2) is 42.2 Å². The molecule has 0 aliphatic carbocycles. The number of hydrogen-bond donors (Lipinski definition) is 2. The van der Waals surface area contributed by atoms with Crippen LogP contribution in [0.1, 0.15) is 25.7 Å². The molecule has 0 aromatic heterocycles. The van der Waals surface area contributed by atoms with Crippen molar-refractivity contribution in [3.63, 3.8) is 0 Å². The van der Waals surface area contributed by atoms with Crippen LogP contribution in [0, 0.1) is 5.92 Å². The monoisotopic (exact) mass is 200 g/mol. The Morgan fingerprint density at radius 2 is 2.36 bits per heavy atom. The predicted octanol–water partition coefficient (Wildman–Crippen LogP) is 0.520. The van der Waals surface area contributed by atoms with Gasteiger partial charge in [-0.2, -0.15) is 0 Å². The highest BCUT2D eigenvalue weighted by molar-refractivity contribution is 5.67. The van der Waals surface area contributed by atoms with Crippen LogP contribution < -0.4 is 5.73 Å². The lowest BCUT2D eigenvalue weighted by molar-refractivity contribution is -0.138. The normalized spacial score (nSPS) is 26.0. The number of hydrogen-bond acceptors (Lipinski definition) is 3. The zero-order valence-corrected chi connectivity index (χ0v) is 8.78. The summed E-state index contributed by atoms with van der Waals surface area (Å²) >= 11 is 0. The van der Waals surface area contributed by atoms with Crippen LogP contribution in [-0.2, 0) is 4.79 Å². The number of carboxylic acid groups (broad SMARTS) is 1. The Labute approximate surface area is 85.1 Å². The van der Waals surface area contributed by atoms with Crippen LogP contribution in [0.3, 0.4) is 0 Å². The molecule has 0 aromatic carbocycles. The molecule has 0 aromatic rings. The minimum Gasteiger partial charge on any atom is -0.481 e. The van der Waals surface area contributed by atoms with Gasteiger partial charge in [-0.05, 0) is 38.9 Å². The van der Waals surface area contributed by atoms with Crippen LogP contribution in [0.25, 0.3) is 0 Å². The van der Waals surface area contributed by atoms with Crippen LogP contribution in [0.5, 0.6) is 0 Å². The fourth-order valence-corrected chi connectivity index (χ4v) is 2.30. The first-order valence-electron chi connectivity index (χ1n) is 5.27. The number of carboxylic acids is 1. The second-order valence-corrected chi connectivity index (χ2v) is 4.14. The van der Waals surface area contributed by atoms with E-state index in [-0.39, 0.29) is 12.3 Å². The van der Waals surface area contributed by atoms with Gasteiger partial charge in [0.1, 0.15) is 0 Å². The molecule has 2 atom stereocenters. The first-order valence-corrected chi connectivity index (χ1v) is 5.27. The third kappa shape index (κ3) is 2.96. The molecule has 4 heteroatoms. The zero-order chi connectivity index (χ0) is 10.6. The highest BCUT2D eigenvalue weighted by atomic mass is 16.4. The van der Waals surface area contributed by atoms with Crippen LogP contribution in [0.4, 0.5) is 0 Å². The first-order chi connectivity index (χ1) is 6.65. The number of likely N-dealkylation sites (tertiary alicyclic amines) is 1. The molecule has 1 aliphatic rings. The lowest BCUT2D eigenvalue weighted by Crippen LogP contribution is -2.44. The summed E-state index contributed by atoms with van der Waals surface area (Å²) in [6.45, 7) is 1.54. The van der Waals surface area contributed by atoms with E-state index < -0.39 is 5.97 Å². The number of aliphatic carboxylic acids is 1. The number of rotatable bonds is 4. The van der Waals surface area contributed by atoms with Gasteiger partial charge in [-0.1, -0.05) is 6.42 Å². The smallest absolute Gasteiger partial charge is 0.303 e. The van der Waals surface area contributed by atoms with E-state index in [0.717, 1.165) is 13.0 Å². The van der Waals surface area contributed by atoms with E-state index in [0.29, 0.717) is 12.6 Å². The molecule has 2 unspecified atom stereocenters. The van der Waals surface area contributed by atoms with Crippen LogP contribution in [0.2, 0.25) is 0 Å². The minimum atomic E-state index is -0.737. The topological polar surface area (TPSA) is 66.6 Å². The Kier molecular flexibility index (Phi) is 4.35. The molecule has 0 amide bonds. The van der Waals surface area contributed by atoms with Gasteiger partial charge in [0.05, 0.1) is 6.42 Å². The second-order valence-electron chi connectivity index (χ2n) is 4.14. The van der Waals surface area contributed by atoms with Gasteiger partial charge in [-0.25, -0.2) is 0 Å². The third-order valence-corrected chi connectivity index (χ3v) is 3.11. The van der Waals surface area contributed by atoms with E-state index in [1.165, 1.54) is 12.8 Å². The summed E-state index contributed by atoms with van der Waals surface area (Å²) in [6, 6.07) is 0.366. The predicted molar refractivity (Wildman–Crippen MR) is 55.1 cm³/mol. The molecule has 4 nitrogen and oxygen atoms in total. The fourth-order valence-electron chi connectivity index (χ4n) is 2.30. The van der Waals surface area contributed by atoms with Gasteiger partial charge < -0.3 is 15.7 Å². The second kappa shape index (κ2) is 5.32. The maximum Gasteiger partial charge on any atom is 0.303 e. The molecule has 3 N–H and O–H groups in total. The van der Waals surface area contributed by atoms with Crippen molar-refractivity contribution in [2.24, 2.45) is 11.7 Å². The Balaban J connectivity index is 2.52. The Morgan fingerprint density at radius 3 is 2.86 bits per heavy atom. The molecular formula is C10H20N2O2. The van der Waals surface area contributed by atoms with E-state index in [9.17, 15) is 4.79 Å².